The lowest BCUT2D eigenvalue weighted by atomic mass is 9.91. The number of alkyl halides is 2. The summed E-state index contributed by atoms with van der Waals surface area (Å²) in [4.78, 5) is 13.5. The maximum atomic E-state index is 16.0. The van der Waals surface area contributed by atoms with Gasteiger partial charge in [0, 0.05) is 10.9 Å². The van der Waals surface area contributed by atoms with Crippen molar-refractivity contribution >= 4 is 37.6 Å². The van der Waals surface area contributed by atoms with Gasteiger partial charge in [-0.2, -0.15) is 8.78 Å². The molecule has 0 aliphatic carbocycles. The zero-order chi connectivity index (χ0) is 30.3. The largest absolute Gasteiger partial charge is 0.405 e. The number of aryl methyl sites for hydroxylation is 2. The Hall–Kier alpha value is -2.29. The second kappa shape index (κ2) is 11.5. The van der Waals surface area contributed by atoms with E-state index in [4.69, 9.17) is 4.43 Å². The number of nitrogens with one attached hydrogen (secondary N) is 1. The first-order chi connectivity index (χ1) is 18.4. The maximum absolute atomic E-state index is 16.0. The molecule has 1 aromatic carbocycles. The van der Waals surface area contributed by atoms with Crippen LogP contribution >= 0.6 is 7.14 Å². The van der Waals surface area contributed by atoms with Crippen molar-refractivity contribution in [3.05, 3.63) is 52.7 Å². The van der Waals surface area contributed by atoms with E-state index in [-0.39, 0.29) is 5.56 Å². The second-order valence-corrected chi connectivity index (χ2v) is 19.3. The molecule has 0 saturated heterocycles. The molecule has 0 amide bonds. The highest BCUT2D eigenvalue weighted by molar-refractivity contribution is 7.69. The number of pyridine rings is 1. The summed E-state index contributed by atoms with van der Waals surface area (Å²) < 4.78 is 67.1. The first kappa shape index (κ1) is 32.2. The van der Waals surface area contributed by atoms with Crippen LogP contribution in [0.2, 0.25) is 18.1 Å². The summed E-state index contributed by atoms with van der Waals surface area (Å²) in [6.07, 6.45) is 0. The molecule has 1 N–H and O–H groups in total. The van der Waals surface area contributed by atoms with Crippen molar-refractivity contribution in [2.45, 2.75) is 91.1 Å². The molecule has 0 aliphatic rings. The van der Waals surface area contributed by atoms with Crippen molar-refractivity contribution in [1.82, 2.24) is 15.0 Å². The average Bonchev–Trinajstić information content (AvgIpc) is 2.87. The van der Waals surface area contributed by atoms with E-state index in [1.165, 1.54) is 26.0 Å². The van der Waals surface area contributed by atoms with E-state index < -0.39 is 44.4 Å². The van der Waals surface area contributed by atoms with Crippen LogP contribution in [-0.4, -0.2) is 42.2 Å². The predicted molar refractivity (Wildman–Crippen MR) is 161 cm³/mol. The van der Waals surface area contributed by atoms with E-state index in [2.05, 4.69) is 20.3 Å². The zero-order valence-corrected chi connectivity index (χ0v) is 27.1. The Kier molecular flexibility index (Phi) is 9.29. The molecular weight excluding hydrogens is 552 g/mol. The fourth-order valence-corrected chi connectivity index (χ4v) is 9.05. The first-order valence-corrected chi connectivity index (χ1v) is 18.9. The maximum Gasteiger partial charge on any atom is 0.302 e. The normalized spacial score (nSPS) is 14.0. The summed E-state index contributed by atoms with van der Waals surface area (Å²) in [7, 11) is -5.10. The highest BCUT2D eigenvalue weighted by Crippen LogP contribution is 2.46. The number of hydrogen-bond donors (Lipinski definition) is 1. The zero-order valence-electron chi connectivity index (χ0n) is 25.2. The number of benzene rings is 1. The quantitative estimate of drug-likeness (QED) is 0.179. The highest BCUT2D eigenvalue weighted by atomic mass is 31.2. The topological polar surface area (TPSA) is 77.0 Å². The Bertz CT molecular complexity index is 1430. The lowest BCUT2D eigenvalue weighted by Gasteiger charge is -2.42. The van der Waals surface area contributed by atoms with Crippen molar-refractivity contribution in [3.63, 3.8) is 0 Å². The molecule has 0 saturated carbocycles. The molecule has 0 spiro atoms. The lowest BCUT2D eigenvalue weighted by molar-refractivity contribution is -0.161. The van der Waals surface area contributed by atoms with Crippen molar-refractivity contribution in [1.29, 1.82) is 0 Å². The minimum Gasteiger partial charge on any atom is -0.405 e. The molecule has 11 heteroatoms. The molecule has 1 unspecified atom stereocenters. The van der Waals surface area contributed by atoms with Crippen LogP contribution in [0.3, 0.4) is 0 Å². The number of anilines is 1. The van der Waals surface area contributed by atoms with Gasteiger partial charge in [-0.25, -0.2) is 19.3 Å². The van der Waals surface area contributed by atoms with Crippen LogP contribution in [0.25, 0.3) is 10.9 Å². The van der Waals surface area contributed by atoms with Crippen LogP contribution in [0.15, 0.2) is 24.3 Å². The molecule has 0 fully saturated rings. The van der Waals surface area contributed by atoms with Gasteiger partial charge in [0.1, 0.15) is 35.6 Å². The molecule has 3 rings (SSSR count). The minimum absolute atomic E-state index is 0.0741. The van der Waals surface area contributed by atoms with Crippen LogP contribution in [0.4, 0.5) is 19.0 Å². The Morgan fingerprint density at radius 2 is 1.65 bits per heavy atom. The third kappa shape index (κ3) is 6.14. The second-order valence-electron chi connectivity index (χ2n) is 11.4. The number of fused-ring (bicyclic) bond motifs is 1. The SMILES string of the molecule is CC[Si](CC)(CC)OC(C)(C)C(F)(F)c1cccc(C(C)Nc2nc(C)nc3c(C)nc(P(C)(C)=O)cc23)c1F. The van der Waals surface area contributed by atoms with Gasteiger partial charge in [-0.3, -0.25) is 0 Å². The van der Waals surface area contributed by atoms with E-state index in [9.17, 15) is 4.57 Å². The van der Waals surface area contributed by atoms with Crippen molar-refractivity contribution in [2.24, 2.45) is 0 Å². The predicted octanol–water partition coefficient (Wildman–Crippen LogP) is 8.09. The summed E-state index contributed by atoms with van der Waals surface area (Å²) >= 11 is 0. The molecule has 0 bridgehead atoms. The van der Waals surface area contributed by atoms with Gasteiger partial charge in [-0.1, -0.05) is 32.9 Å². The monoisotopic (exact) mass is 594 g/mol. The summed E-state index contributed by atoms with van der Waals surface area (Å²) in [5.41, 5.74) is -0.912. The first-order valence-electron chi connectivity index (χ1n) is 13.8. The van der Waals surface area contributed by atoms with Gasteiger partial charge in [0.2, 0.25) is 0 Å². The van der Waals surface area contributed by atoms with E-state index in [1.807, 2.05) is 20.8 Å². The van der Waals surface area contributed by atoms with Crippen LogP contribution in [0.1, 0.15) is 70.2 Å². The summed E-state index contributed by atoms with van der Waals surface area (Å²) in [5.74, 6) is -3.71. The third-order valence-corrected chi connectivity index (χ3v) is 14.0. The molecule has 0 aliphatic heterocycles. The summed E-state index contributed by atoms with van der Waals surface area (Å²) in [5, 5.41) is 3.78. The van der Waals surface area contributed by atoms with Crippen LogP contribution in [0.5, 0.6) is 0 Å². The lowest BCUT2D eigenvalue weighted by Crippen LogP contribution is -2.52. The molecule has 40 heavy (non-hydrogen) atoms. The standard InChI is InChI=1S/C29H42F3N4O2PSi/c1-11-40(12-2,13-3)38-28(7,8)29(31,32)23-16-14-15-21(25(23)30)18(4)34-27-22-17-24(39(9,10)37)33-19(5)26(22)35-20(6)36-27/h14-18H,11-13H2,1-10H3,(H,34,35,36). The highest BCUT2D eigenvalue weighted by Gasteiger charge is 2.54. The van der Waals surface area contributed by atoms with Crippen molar-refractivity contribution < 1.29 is 22.2 Å². The van der Waals surface area contributed by atoms with E-state index in [1.54, 1.807) is 40.2 Å². The van der Waals surface area contributed by atoms with Gasteiger partial charge in [0.05, 0.1) is 22.8 Å². The van der Waals surface area contributed by atoms with Gasteiger partial charge in [-0.15, -0.1) is 0 Å². The summed E-state index contributed by atoms with van der Waals surface area (Å²) in [6, 6.07) is 7.15. The summed E-state index contributed by atoms with van der Waals surface area (Å²) in [6.45, 7) is 17.1. The Balaban J connectivity index is 2.06. The van der Waals surface area contributed by atoms with Crippen LogP contribution in [-0.2, 0) is 14.9 Å². The Morgan fingerprint density at radius 3 is 2.20 bits per heavy atom. The average molecular weight is 595 g/mol. The van der Waals surface area contributed by atoms with Crippen LogP contribution < -0.4 is 10.8 Å². The van der Waals surface area contributed by atoms with E-state index >= 15 is 13.2 Å². The number of rotatable bonds is 11. The molecule has 1 atom stereocenters. The smallest absolute Gasteiger partial charge is 0.302 e. The van der Waals surface area contributed by atoms with Gasteiger partial charge < -0.3 is 14.3 Å². The fourth-order valence-electron chi connectivity index (χ4n) is 5.07. The number of hydrogen-bond acceptors (Lipinski definition) is 6. The Labute approximate surface area is 237 Å². The molecule has 0 radical (unpaired) electrons. The van der Waals surface area contributed by atoms with Crippen LogP contribution in [0, 0.1) is 19.7 Å². The molecule has 3 aromatic rings. The van der Waals surface area contributed by atoms with Crippen molar-refractivity contribution in [3.8, 4) is 0 Å². The van der Waals surface area contributed by atoms with Gasteiger partial charge in [-0.05, 0) is 78.2 Å². The van der Waals surface area contributed by atoms with E-state index in [0.717, 1.165) is 6.07 Å². The Morgan fingerprint density at radius 1 is 1.05 bits per heavy atom. The van der Waals surface area contributed by atoms with E-state index in [0.29, 0.717) is 51.8 Å². The fraction of sp³-hybridized carbons (Fsp3) is 0.552. The van der Waals surface area contributed by atoms with Gasteiger partial charge in [0.25, 0.3) is 0 Å². The van der Waals surface area contributed by atoms with Gasteiger partial charge in [0.15, 0.2) is 8.32 Å². The van der Waals surface area contributed by atoms with Crippen molar-refractivity contribution in [2.75, 3.05) is 18.6 Å². The number of aromatic nitrogens is 3. The number of halogens is 3. The molecule has 220 valence electrons. The molecular formula is C29H42F3N4O2PSi. The molecule has 2 heterocycles. The third-order valence-electron chi connectivity index (χ3n) is 7.85. The molecule has 6 nitrogen and oxygen atoms in total. The minimum atomic E-state index is -3.58. The number of nitrogens with zero attached hydrogens (tertiary/aromatic N) is 3. The molecule has 2 aromatic heterocycles. The van der Waals surface area contributed by atoms with Gasteiger partial charge >= 0.3 is 5.92 Å².